The minimum absolute atomic E-state index is 0.0966. The zero-order valence-corrected chi connectivity index (χ0v) is 15.7. The van der Waals surface area contributed by atoms with E-state index < -0.39 is 11.9 Å². The summed E-state index contributed by atoms with van der Waals surface area (Å²) in [6, 6.07) is 10.5. The first-order valence-electron chi connectivity index (χ1n) is 8.32. The lowest BCUT2D eigenvalue weighted by atomic mass is 10.1. The summed E-state index contributed by atoms with van der Waals surface area (Å²) in [5.74, 6) is -0.0826. The first-order chi connectivity index (χ1) is 12.4. The third-order valence-electron chi connectivity index (χ3n) is 4.59. The number of amides is 1. The highest BCUT2D eigenvalue weighted by Crippen LogP contribution is 2.35. The molecule has 0 aromatic heterocycles. The molecule has 1 aliphatic heterocycles. The van der Waals surface area contributed by atoms with Crippen molar-refractivity contribution in [2.75, 3.05) is 18.6 Å². The van der Waals surface area contributed by atoms with Gasteiger partial charge in [-0.1, -0.05) is 17.7 Å². The highest BCUT2D eigenvalue weighted by atomic mass is 35.5. The number of rotatable bonds is 4. The smallest absolute Gasteiger partial charge is 0.316 e. The molecule has 6 heteroatoms. The summed E-state index contributed by atoms with van der Waals surface area (Å²) < 4.78 is 10.8. The van der Waals surface area contributed by atoms with Crippen LogP contribution in [-0.2, 0) is 9.59 Å². The Kier molecular flexibility index (Phi) is 5.18. The van der Waals surface area contributed by atoms with Crippen LogP contribution >= 0.6 is 11.6 Å². The van der Waals surface area contributed by atoms with Crippen molar-refractivity contribution in [3.63, 3.8) is 0 Å². The molecular weight excluding hydrogens is 354 g/mol. The van der Waals surface area contributed by atoms with Gasteiger partial charge < -0.3 is 14.4 Å². The maximum absolute atomic E-state index is 12.5. The number of nitrogens with zero attached hydrogens (tertiary/aromatic N) is 1. The Morgan fingerprint density at radius 1 is 1.15 bits per heavy atom. The number of carbonyl (C=O) groups excluding carboxylic acids is 2. The van der Waals surface area contributed by atoms with Crippen LogP contribution in [0.25, 0.3) is 0 Å². The lowest BCUT2D eigenvalue weighted by molar-refractivity contribution is -0.139. The van der Waals surface area contributed by atoms with Crippen molar-refractivity contribution < 1.29 is 19.1 Å². The summed E-state index contributed by atoms with van der Waals surface area (Å²) in [5, 5.41) is 0.495. The van der Waals surface area contributed by atoms with Crippen molar-refractivity contribution >= 4 is 29.2 Å². The summed E-state index contributed by atoms with van der Waals surface area (Å²) in [5.41, 5.74) is 2.73. The van der Waals surface area contributed by atoms with Crippen LogP contribution in [0.15, 0.2) is 36.4 Å². The summed E-state index contributed by atoms with van der Waals surface area (Å²) in [6.07, 6.45) is 0.0966. The number of halogens is 1. The first-order valence-corrected chi connectivity index (χ1v) is 8.69. The van der Waals surface area contributed by atoms with Gasteiger partial charge in [-0.3, -0.25) is 9.59 Å². The van der Waals surface area contributed by atoms with Crippen molar-refractivity contribution in [3.05, 3.63) is 52.5 Å². The molecule has 1 heterocycles. The fourth-order valence-electron chi connectivity index (χ4n) is 2.95. The molecule has 2 aromatic rings. The maximum atomic E-state index is 12.5. The van der Waals surface area contributed by atoms with E-state index in [0.29, 0.717) is 22.2 Å². The van der Waals surface area contributed by atoms with Gasteiger partial charge in [0.2, 0.25) is 5.91 Å². The van der Waals surface area contributed by atoms with Crippen molar-refractivity contribution in [2.24, 2.45) is 5.92 Å². The molecule has 0 bridgehead atoms. The van der Waals surface area contributed by atoms with Gasteiger partial charge in [-0.25, -0.2) is 0 Å². The minimum Gasteiger partial charge on any atom is -0.495 e. The predicted octanol–water partition coefficient (Wildman–Crippen LogP) is 3.92. The number of benzene rings is 2. The van der Waals surface area contributed by atoms with Crippen LogP contribution in [0.1, 0.15) is 17.5 Å². The van der Waals surface area contributed by atoms with Crippen molar-refractivity contribution in [3.8, 4) is 11.5 Å². The van der Waals surface area contributed by atoms with E-state index in [1.807, 2.05) is 26.0 Å². The molecule has 0 radical (unpaired) electrons. The van der Waals surface area contributed by atoms with Gasteiger partial charge in [0.15, 0.2) is 0 Å². The van der Waals surface area contributed by atoms with Crippen molar-refractivity contribution in [1.29, 1.82) is 0 Å². The summed E-state index contributed by atoms with van der Waals surface area (Å²) >= 11 is 6.05. The van der Waals surface area contributed by atoms with Gasteiger partial charge in [0.1, 0.15) is 11.5 Å². The van der Waals surface area contributed by atoms with Crippen molar-refractivity contribution in [2.45, 2.75) is 20.3 Å². The van der Waals surface area contributed by atoms with E-state index in [0.717, 1.165) is 11.1 Å². The van der Waals surface area contributed by atoms with Crippen LogP contribution in [0.2, 0.25) is 5.02 Å². The Morgan fingerprint density at radius 3 is 2.62 bits per heavy atom. The van der Waals surface area contributed by atoms with E-state index in [4.69, 9.17) is 21.1 Å². The molecule has 5 nitrogen and oxygen atoms in total. The quantitative estimate of drug-likeness (QED) is 0.602. The Morgan fingerprint density at radius 2 is 1.92 bits per heavy atom. The monoisotopic (exact) mass is 373 g/mol. The molecule has 1 atom stereocenters. The molecule has 1 saturated heterocycles. The molecule has 136 valence electrons. The fraction of sp³-hybridized carbons (Fsp3) is 0.300. The molecule has 1 aliphatic rings. The van der Waals surface area contributed by atoms with Gasteiger partial charge in [-0.05, 0) is 55.3 Å². The number of ether oxygens (including phenoxy) is 2. The molecule has 1 amide bonds. The number of methoxy groups -OCH3 is 1. The predicted molar refractivity (Wildman–Crippen MR) is 100 cm³/mol. The molecule has 0 spiro atoms. The average Bonchev–Trinajstić information content (AvgIpc) is 3.00. The molecule has 2 aromatic carbocycles. The second-order valence-corrected chi connectivity index (χ2v) is 6.83. The van der Waals surface area contributed by atoms with Crippen molar-refractivity contribution in [1.82, 2.24) is 0 Å². The Balaban J connectivity index is 1.76. The molecule has 0 unspecified atom stereocenters. The average molecular weight is 374 g/mol. The second kappa shape index (κ2) is 7.38. The van der Waals surface area contributed by atoms with Crippen LogP contribution in [0.3, 0.4) is 0 Å². The van der Waals surface area contributed by atoms with Crippen LogP contribution in [0.4, 0.5) is 5.69 Å². The van der Waals surface area contributed by atoms with E-state index in [1.54, 1.807) is 24.3 Å². The third kappa shape index (κ3) is 3.68. The molecule has 26 heavy (non-hydrogen) atoms. The van der Waals surface area contributed by atoms with Gasteiger partial charge >= 0.3 is 5.97 Å². The third-order valence-corrected chi connectivity index (χ3v) is 4.82. The molecule has 1 fully saturated rings. The van der Waals surface area contributed by atoms with Crippen LogP contribution in [0.5, 0.6) is 11.5 Å². The largest absolute Gasteiger partial charge is 0.495 e. The lowest BCUT2D eigenvalue weighted by Crippen LogP contribution is -2.27. The van der Waals surface area contributed by atoms with E-state index in [9.17, 15) is 9.59 Å². The number of hydrogen-bond donors (Lipinski definition) is 0. The topological polar surface area (TPSA) is 55.8 Å². The van der Waals surface area contributed by atoms with Gasteiger partial charge in [0.25, 0.3) is 0 Å². The highest BCUT2D eigenvalue weighted by Gasteiger charge is 2.37. The molecule has 3 rings (SSSR count). The Hall–Kier alpha value is -2.53. The summed E-state index contributed by atoms with van der Waals surface area (Å²) in [6.45, 7) is 4.19. The van der Waals surface area contributed by atoms with E-state index in [-0.39, 0.29) is 18.9 Å². The summed E-state index contributed by atoms with van der Waals surface area (Å²) in [7, 11) is 1.53. The van der Waals surface area contributed by atoms with Gasteiger partial charge in [0.05, 0.1) is 18.7 Å². The number of anilines is 1. The number of carbonyl (C=O) groups is 2. The van der Waals surface area contributed by atoms with E-state index >= 15 is 0 Å². The van der Waals surface area contributed by atoms with Crippen LogP contribution in [0, 0.1) is 19.8 Å². The van der Waals surface area contributed by atoms with Crippen LogP contribution in [-0.4, -0.2) is 25.5 Å². The minimum atomic E-state index is -0.534. The lowest BCUT2D eigenvalue weighted by Gasteiger charge is -2.19. The van der Waals surface area contributed by atoms with E-state index in [2.05, 4.69) is 0 Å². The van der Waals surface area contributed by atoms with Gasteiger partial charge in [-0.2, -0.15) is 0 Å². The molecule has 0 saturated carbocycles. The number of esters is 1. The second-order valence-electron chi connectivity index (χ2n) is 6.39. The first kappa shape index (κ1) is 18.3. The fourth-order valence-corrected chi connectivity index (χ4v) is 3.12. The maximum Gasteiger partial charge on any atom is 0.316 e. The highest BCUT2D eigenvalue weighted by molar-refractivity contribution is 6.31. The normalized spacial score (nSPS) is 16.7. The van der Waals surface area contributed by atoms with Gasteiger partial charge in [0, 0.05) is 18.0 Å². The Labute approximate surface area is 157 Å². The molecule has 0 aliphatic carbocycles. The molecular formula is C20H20ClNO4. The van der Waals surface area contributed by atoms with E-state index in [1.165, 1.54) is 12.0 Å². The van der Waals surface area contributed by atoms with Crippen LogP contribution < -0.4 is 14.4 Å². The molecule has 0 N–H and O–H groups in total. The standard InChI is InChI=1S/C20H20ClNO4/c1-12-4-6-16(8-13(12)2)26-20(24)14-9-19(23)22(11-14)17-10-15(21)5-7-18(17)25-3/h4-8,10,14H,9,11H2,1-3H3/t14-/m0/s1. The Bertz CT molecular complexity index is 865. The summed E-state index contributed by atoms with van der Waals surface area (Å²) in [4.78, 5) is 26.5. The zero-order valence-electron chi connectivity index (χ0n) is 14.9. The van der Waals surface area contributed by atoms with Gasteiger partial charge in [-0.15, -0.1) is 0 Å². The number of hydrogen-bond acceptors (Lipinski definition) is 4. The zero-order chi connectivity index (χ0) is 18.8. The number of aryl methyl sites for hydroxylation is 2. The SMILES string of the molecule is COc1ccc(Cl)cc1N1C[C@@H](C(=O)Oc2ccc(C)c(C)c2)CC1=O.